The van der Waals surface area contributed by atoms with Gasteiger partial charge in [0.05, 0.1) is 12.0 Å². The zero-order chi connectivity index (χ0) is 14.3. The van der Waals surface area contributed by atoms with Crippen LogP contribution in [0.1, 0.15) is 38.2 Å². The van der Waals surface area contributed by atoms with Gasteiger partial charge in [-0.25, -0.2) is 8.42 Å². The molecule has 19 heavy (non-hydrogen) atoms. The van der Waals surface area contributed by atoms with Gasteiger partial charge in [-0.05, 0) is 30.5 Å². The van der Waals surface area contributed by atoms with Crippen molar-refractivity contribution in [3.8, 4) is 0 Å². The Hall–Kier alpha value is -0.910. The quantitative estimate of drug-likeness (QED) is 0.545. The molecule has 0 unspecified atom stereocenters. The summed E-state index contributed by atoms with van der Waals surface area (Å²) in [5, 5.41) is 0. The zero-order valence-corrected chi connectivity index (χ0v) is 12.7. The minimum Gasteiger partial charge on any atom is -0.288 e. The normalized spacial score (nSPS) is 12.0. The second kappa shape index (κ2) is 7.62. The molecule has 0 N–H and O–H groups in total. The summed E-state index contributed by atoms with van der Waals surface area (Å²) in [7, 11) is -0.808. The third-order valence-corrected chi connectivity index (χ3v) is 4.83. The first-order chi connectivity index (χ1) is 9.02. The largest absolute Gasteiger partial charge is 0.288 e. The van der Waals surface area contributed by atoms with Crippen molar-refractivity contribution < 1.29 is 13.3 Å². The van der Waals surface area contributed by atoms with E-state index in [1.807, 2.05) is 12.1 Å². The standard InChI is InChI=1S/C14H23NO3S/c1-4-5-6-7-8-13-9-11-14(12-10-13)19(16,17)15(2)18-3/h9-12H,4-8H2,1-3H3. The van der Waals surface area contributed by atoms with Crippen molar-refractivity contribution in [1.82, 2.24) is 4.47 Å². The predicted molar refractivity (Wildman–Crippen MR) is 76.2 cm³/mol. The van der Waals surface area contributed by atoms with E-state index in [-0.39, 0.29) is 4.90 Å². The maximum Gasteiger partial charge on any atom is 0.264 e. The minimum atomic E-state index is -3.52. The van der Waals surface area contributed by atoms with E-state index in [9.17, 15) is 8.42 Å². The van der Waals surface area contributed by atoms with Crippen LogP contribution in [0.4, 0.5) is 0 Å². The van der Waals surface area contributed by atoms with Gasteiger partial charge in [0.1, 0.15) is 0 Å². The molecule has 0 aromatic heterocycles. The summed E-state index contributed by atoms with van der Waals surface area (Å²) in [5.41, 5.74) is 1.18. The molecule has 1 aromatic rings. The van der Waals surface area contributed by atoms with Crippen LogP contribution in [-0.4, -0.2) is 27.0 Å². The Morgan fingerprint density at radius 3 is 2.26 bits per heavy atom. The van der Waals surface area contributed by atoms with E-state index in [1.165, 1.54) is 39.0 Å². The van der Waals surface area contributed by atoms with Crippen LogP contribution in [0.15, 0.2) is 29.2 Å². The lowest BCUT2D eigenvalue weighted by molar-refractivity contribution is -0.0258. The van der Waals surface area contributed by atoms with Crippen molar-refractivity contribution in [1.29, 1.82) is 0 Å². The lowest BCUT2D eigenvalue weighted by Crippen LogP contribution is -2.25. The summed E-state index contributed by atoms with van der Waals surface area (Å²) in [6.45, 7) is 2.19. The minimum absolute atomic E-state index is 0.258. The fraction of sp³-hybridized carbons (Fsp3) is 0.571. The highest BCUT2D eigenvalue weighted by atomic mass is 32.2. The summed E-state index contributed by atoms with van der Waals surface area (Å²) in [4.78, 5) is 5.00. The highest BCUT2D eigenvalue weighted by Gasteiger charge is 2.20. The van der Waals surface area contributed by atoms with Crippen molar-refractivity contribution in [3.05, 3.63) is 29.8 Å². The highest BCUT2D eigenvalue weighted by Crippen LogP contribution is 2.16. The number of hydroxylamine groups is 1. The highest BCUT2D eigenvalue weighted by molar-refractivity contribution is 7.89. The van der Waals surface area contributed by atoms with Crippen LogP contribution in [0.25, 0.3) is 0 Å². The van der Waals surface area contributed by atoms with Gasteiger partial charge in [-0.1, -0.05) is 42.8 Å². The molecule has 108 valence electrons. The lowest BCUT2D eigenvalue weighted by Gasteiger charge is -2.14. The molecule has 0 amide bonds. The molecule has 5 heteroatoms. The second-order valence-electron chi connectivity index (χ2n) is 4.55. The van der Waals surface area contributed by atoms with Crippen LogP contribution in [-0.2, 0) is 21.3 Å². The number of unbranched alkanes of at least 4 members (excludes halogenated alkanes) is 3. The molecule has 0 atom stereocenters. The molecule has 0 fully saturated rings. The number of aryl methyl sites for hydroxylation is 1. The molecule has 4 nitrogen and oxygen atoms in total. The Kier molecular flexibility index (Phi) is 6.48. The Bertz CT molecular complexity index is 468. The van der Waals surface area contributed by atoms with Gasteiger partial charge in [0.25, 0.3) is 10.0 Å². The van der Waals surface area contributed by atoms with Crippen LogP contribution < -0.4 is 0 Å². The number of nitrogens with zero attached hydrogens (tertiary/aromatic N) is 1. The molecule has 1 rings (SSSR count). The van der Waals surface area contributed by atoms with Crippen molar-refractivity contribution in [2.45, 2.75) is 43.9 Å². The third-order valence-electron chi connectivity index (χ3n) is 3.14. The van der Waals surface area contributed by atoms with Crippen LogP contribution in [0, 0.1) is 0 Å². The molecule has 0 aliphatic rings. The van der Waals surface area contributed by atoms with E-state index in [1.54, 1.807) is 12.1 Å². The number of rotatable bonds is 8. The summed E-state index contributed by atoms with van der Waals surface area (Å²) in [6, 6.07) is 7.03. The lowest BCUT2D eigenvalue weighted by atomic mass is 10.1. The second-order valence-corrected chi connectivity index (χ2v) is 6.49. The first-order valence-corrected chi connectivity index (χ1v) is 8.08. The number of hydrogen-bond donors (Lipinski definition) is 0. The zero-order valence-electron chi connectivity index (χ0n) is 11.9. The molecule has 0 bridgehead atoms. The third kappa shape index (κ3) is 4.60. The SMILES string of the molecule is CCCCCCc1ccc(S(=O)(=O)N(C)OC)cc1. The first kappa shape index (κ1) is 16.1. The molecule has 0 radical (unpaired) electrons. The monoisotopic (exact) mass is 285 g/mol. The Balaban J connectivity index is 2.66. The van der Waals surface area contributed by atoms with Crippen LogP contribution in [0.2, 0.25) is 0 Å². The molecule has 1 aromatic carbocycles. The van der Waals surface area contributed by atoms with Gasteiger partial charge in [0.2, 0.25) is 0 Å². The van der Waals surface area contributed by atoms with Gasteiger partial charge in [0, 0.05) is 7.05 Å². The first-order valence-electron chi connectivity index (χ1n) is 6.64. The van der Waals surface area contributed by atoms with E-state index >= 15 is 0 Å². The fourth-order valence-electron chi connectivity index (χ4n) is 1.83. The van der Waals surface area contributed by atoms with E-state index < -0.39 is 10.0 Å². The summed E-state index contributed by atoms with van der Waals surface area (Å²) in [5.74, 6) is 0. The van der Waals surface area contributed by atoms with Crippen LogP contribution >= 0.6 is 0 Å². The van der Waals surface area contributed by atoms with Gasteiger partial charge in [-0.3, -0.25) is 4.84 Å². The fourth-order valence-corrected chi connectivity index (χ4v) is 2.80. The van der Waals surface area contributed by atoms with Gasteiger partial charge < -0.3 is 0 Å². The predicted octanol–water partition coefficient (Wildman–Crippen LogP) is 2.99. The average Bonchev–Trinajstić information content (AvgIpc) is 2.43. The van der Waals surface area contributed by atoms with E-state index in [4.69, 9.17) is 4.84 Å². The molecule has 0 saturated carbocycles. The Morgan fingerprint density at radius 1 is 1.11 bits per heavy atom. The van der Waals surface area contributed by atoms with Crippen LogP contribution in [0.5, 0.6) is 0 Å². The summed E-state index contributed by atoms with van der Waals surface area (Å²) >= 11 is 0. The topological polar surface area (TPSA) is 46.6 Å². The molecule has 0 heterocycles. The number of hydrogen-bond acceptors (Lipinski definition) is 3. The van der Waals surface area contributed by atoms with Crippen molar-refractivity contribution >= 4 is 10.0 Å². The van der Waals surface area contributed by atoms with E-state index in [0.717, 1.165) is 17.3 Å². The van der Waals surface area contributed by atoms with Gasteiger partial charge in [0.15, 0.2) is 0 Å². The van der Waals surface area contributed by atoms with Crippen molar-refractivity contribution in [2.24, 2.45) is 0 Å². The van der Waals surface area contributed by atoms with Crippen molar-refractivity contribution in [2.75, 3.05) is 14.2 Å². The van der Waals surface area contributed by atoms with E-state index in [2.05, 4.69) is 6.92 Å². The maximum atomic E-state index is 12.0. The smallest absolute Gasteiger partial charge is 0.264 e. The molecular formula is C14H23NO3S. The Labute approximate surface area is 116 Å². The summed E-state index contributed by atoms with van der Waals surface area (Å²) < 4.78 is 24.8. The maximum absolute atomic E-state index is 12.0. The molecule has 0 aliphatic carbocycles. The van der Waals surface area contributed by atoms with Gasteiger partial charge >= 0.3 is 0 Å². The number of benzene rings is 1. The molecule has 0 spiro atoms. The molecule has 0 aliphatic heterocycles. The Morgan fingerprint density at radius 2 is 1.74 bits per heavy atom. The number of sulfonamides is 1. The van der Waals surface area contributed by atoms with Crippen molar-refractivity contribution in [3.63, 3.8) is 0 Å². The van der Waals surface area contributed by atoms with E-state index in [0.29, 0.717) is 0 Å². The molecule has 0 saturated heterocycles. The summed E-state index contributed by atoms with van der Waals surface area (Å²) in [6.07, 6.45) is 5.85. The van der Waals surface area contributed by atoms with Gasteiger partial charge in [-0.15, -0.1) is 0 Å². The van der Waals surface area contributed by atoms with Gasteiger partial charge in [-0.2, -0.15) is 0 Å². The molecular weight excluding hydrogens is 262 g/mol. The van der Waals surface area contributed by atoms with Crippen LogP contribution in [0.3, 0.4) is 0 Å². The average molecular weight is 285 g/mol.